The molecule has 1 heterocycles. The summed E-state index contributed by atoms with van der Waals surface area (Å²) in [6.07, 6.45) is 0. The highest BCUT2D eigenvalue weighted by Crippen LogP contribution is 2.23. The van der Waals surface area contributed by atoms with Gasteiger partial charge in [0.25, 0.3) is 5.91 Å². The maximum Gasteiger partial charge on any atom is 0.291 e. The Labute approximate surface area is 154 Å². The van der Waals surface area contributed by atoms with Crippen LogP contribution in [0.2, 0.25) is 5.02 Å². The summed E-state index contributed by atoms with van der Waals surface area (Å²) in [6.45, 7) is 1.81. The molecule has 1 amide bonds. The van der Waals surface area contributed by atoms with E-state index in [-0.39, 0.29) is 11.2 Å². The molecule has 26 heavy (non-hydrogen) atoms. The molecular formula is C21H14ClNO3. The minimum absolute atomic E-state index is 0.0441. The van der Waals surface area contributed by atoms with Gasteiger partial charge in [0, 0.05) is 16.8 Å². The third-order valence-electron chi connectivity index (χ3n) is 4.24. The van der Waals surface area contributed by atoms with Gasteiger partial charge in [-0.25, -0.2) is 0 Å². The summed E-state index contributed by atoms with van der Waals surface area (Å²) >= 11 is 6.06. The molecule has 4 nitrogen and oxygen atoms in total. The number of nitrogens with one attached hydrogen (secondary N) is 1. The molecule has 5 heteroatoms. The van der Waals surface area contributed by atoms with E-state index < -0.39 is 5.91 Å². The Bertz CT molecular complexity index is 1230. The summed E-state index contributed by atoms with van der Waals surface area (Å²) in [5, 5.41) is 5.69. The first-order valence-electron chi connectivity index (χ1n) is 8.05. The van der Waals surface area contributed by atoms with Gasteiger partial charge in [-0.2, -0.15) is 0 Å². The van der Waals surface area contributed by atoms with Crippen molar-refractivity contribution in [3.63, 3.8) is 0 Å². The van der Waals surface area contributed by atoms with Gasteiger partial charge in [0.2, 0.25) is 0 Å². The van der Waals surface area contributed by atoms with E-state index in [4.69, 9.17) is 16.0 Å². The Balaban J connectivity index is 1.71. The van der Waals surface area contributed by atoms with Gasteiger partial charge in [-0.15, -0.1) is 0 Å². The molecule has 0 aliphatic heterocycles. The number of hydrogen-bond donors (Lipinski definition) is 1. The van der Waals surface area contributed by atoms with Crippen LogP contribution in [0.1, 0.15) is 16.1 Å². The summed E-state index contributed by atoms with van der Waals surface area (Å²) < 4.78 is 5.63. The standard InChI is InChI=1S/C21H14ClNO3/c1-12-8-19-16(10-17(12)22)18(24)11-20(26-19)21(25)23-15-7-6-13-4-2-3-5-14(13)9-15/h2-11H,1H3,(H,23,25). The van der Waals surface area contributed by atoms with Crippen molar-refractivity contribution in [2.45, 2.75) is 6.92 Å². The molecule has 0 radical (unpaired) electrons. The highest BCUT2D eigenvalue weighted by molar-refractivity contribution is 6.32. The molecule has 1 N–H and O–H groups in total. The number of amides is 1. The summed E-state index contributed by atoms with van der Waals surface area (Å²) in [6, 6.07) is 17.9. The largest absolute Gasteiger partial charge is 0.451 e. The van der Waals surface area contributed by atoms with Crippen molar-refractivity contribution in [1.29, 1.82) is 0 Å². The molecule has 0 spiro atoms. The van der Waals surface area contributed by atoms with E-state index in [0.717, 1.165) is 16.3 Å². The third-order valence-corrected chi connectivity index (χ3v) is 4.65. The predicted octanol–water partition coefficient (Wildman–Crippen LogP) is 5.16. The van der Waals surface area contributed by atoms with Gasteiger partial charge in [0.05, 0.1) is 5.39 Å². The smallest absolute Gasteiger partial charge is 0.291 e. The van der Waals surface area contributed by atoms with Crippen LogP contribution < -0.4 is 10.7 Å². The lowest BCUT2D eigenvalue weighted by atomic mass is 10.1. The van der Waals surface area contributed by atoms with Crippen LogP contribution in [0, 0.1) is 6.92 Å². The Morgan fingerprint density at radius 2 is 1.77 bits per heavy atom. The first kappa shape index (κ1) is 16.4. The third kappa shape index (κ3) is 2.95. The fourth-order valence-electron chi connectivity index (χ4n) is 2.85. The zero-order chi connectivity index (χ0) is 18.3. The Morgan fingerprint density at radius 3 is 2.58 bits per heavy atom. The highest BCUT2D eigenvalue weighted by Gasteiger charge is 2.14. The monoisotopic (exact) mass is 363 g/mol. The lowest BCUT2D eigenvalue weighted by Crippen LogP contribution is -2.15. The minimum atomic E-state index is -0.480. The van der Waals surface area contributed by atoms with Crippen molar-refractivity contribution >= 4 is 44.9 Å². The molecule has 0 aliphatic rings. The van der Waals surface area contributed by atoms with Crippen LogP contribution in [0.5, 0.6) is 0 Å². The minimum Gasteiger partial charge on any atom is -0.451 e. The highest BCUT2D eigenvalue weighted by atomic mass is 35.5. The fraction of sp³-hybridized carbons (Fsp3) is 0.0476. The van der Waals surface area contributed by atoms with E-state index in [9.17, 15) is 9.59 Å². The molecule has 4 rings (SSSR count). The topological polar surface area (TPSA) is 59.3 Å². The predicted molar refractivity (Wildman–Crippen MR) is 104 cm³/mol. The quantitative estimate of drug-likeness (QED) is 0.535. The molecular weight excluding hydrogens is 350 g/mol. The van der Waals surface area contributed by atoms with Crippen LogP contribution in [0.15, 0.2) is 69.9 Å². The van der Waals surface area contributed by atoms with E-state index in [1.54, 1.807) is 12.1 Å². The van der Waals surface area contributed by atoms with Gasteiger partial charge in [0.15, 0.2) is 11.2 Å². The molecule has 0 saturated heterocycles. The van der Waals surface area contributed by atoms with Crippen LogP contribution in [0.4, 0.5) is 5.69 Å². The van der Waals surface area contributed by atoms with Crippen LogP contribution in [0.25, 0.3) is 21.7 Å². The number of aryl methyl sites for hydroxylation is 1. The molecule has 0 unspecified atom stereocenters. The molecule has 4 aromatic rings. The average Bonchev–Trinajstić information content (AvgIpc) is 2.63. The molecule has 0 bridgehead atoms. The van der Waals surface area contributed by atoms with Crippen LogP contribution in [-0.4, -0.2) is 5.91 Å². The van der Waals surface area contributed by atoms with E-state index in [1.807, 2.05) is 49.4 Å². The normalized spacial score (nSPS) is 11.0. The van der Waals surface area contributed by atoms with Crippen LogP contribution >= 0.6 is 11.6 Å². The number of fused-ring (bicyclic) bond motifs is 2. The van der Waals surface area contributed by atoms with Gasteiger partial charge in [-0.3, -0.25) is 9.59 Å². The molecule has 0 fully saturated rings. The van der Waals surface area contributed by atoms with Gasteiger partial charge in [-0.05, 0) is 47.5 Å². The maximum absolute atomic E-state index is 12.5. The van der Waals surface area contributed by atoms with E-state index in [0.29, 0.717) is 21.7 Å². The van der Waals surface area contributed by atoms with Crippen molar-refractivity contribution in [2.24, 2.45) is 0 Å². The Morgan fingerprint density at radius 1 is 1.00 bits per heavy atom. The number of rotatable bonds is 2. The number of carbonyl (C=O) groups excluding carboxylic acids is 1. The number of carbonyl (C=O) groups is 1. The fourth-order valence-corrected chi connectivity index (χ4v) is 3.01. The lowest BCUT2D eigenvalue weighted by molar-refractivity contribution is 0.0997. The zero-order valence-electron chi connectivity index (χ0n) is 13.9. The van der Waals surface area contributed by atoms with Gasteiger partial charge < -0.3 is 9.73 Å². The first-order chi connectivity index (χ1) is 12.5. The number of halogens is 1. The van der Waals surface area contributed by atoms with Crippen molar-refractivity contribution < 1.29 is 9.21 Å². The second-order valence-corrected chi connectivity index (χ2v) is 6.50. The molecule has 0 aliphatic carbocycles. The Hall–Kier alpha value is -3.11. The zero-order valence-corrected chi connectivity index (χ0v) is 14.6. The number of hydrogen-bond acceptors (Lipinski definition) is 3. The van der Waals surface area contributed by atoms with Crippen molar-refractivity contribution in [2.75, 3.05) is 5.32 Å². The maximum atomic E-state index is 12.5. The summed E-state index contributed by atoms with van der Waals surface area (Å²) in [5.41, 5.74) is 1.43. The van der Waals surface area contributed by atoms with E-state index in [2.05, 4.69) is 5.32 Å². The summed E-state index contributed by atoms with van der Waals surface area (Å²) in [7, 11) is 0. The lowest BCUT2D eigenvalue weighted by Gasteiger charge is -2.07. The molecule has 128 valence electrons. The summed E-state index contributed by atoms with van der Waals surface area (Å²) in [4.78, 5) is 24.8. The van der Waals surface area contributed by atoms with E-state index >= 15 is 0 Å². The number of benzene rings is 3. The molecule has 0 saturated carbocycles. The van der Waals surface area contributed by atoms with Crippen molar-refractivity contribution in [3.8, 4) is 0 Å². The van der Waals surface area contributed by atoms with Gasteiger partial charge >= 0.3 is 0 Å². The average molecular weight is 364 g/mol. The molecule has 3 aromatic carbocycles. The van der Waals surface area contributed by atoms with Crippen LogP contribution in [0.3, 0.4) is 0 Å². The van der Waals surface area contributed by atoms with Crippen molar-refractivity contribution in [1.82, 2.24) is 0 Å². The first-order valence-corrected chi connectivity index (χ1v) is 8.43. The summed E-state index contributed by atoms with van der Waals surface area (Å²) in [5.74, 6) is -0.524. The molecule has 0 atom stereocenters. The van der Waals surface area contributed by atoms with Gasteiger partial charge in [0.1, 0.15) is 5.58 Å². The SMILES string of the molecule is Cc1cc2oc(C(=O)Nc3ccc4ccccc4c3)cc(=O)c2cc1Cl. The van der Waals surface area contributed by atoms with Crippen LogP contribution in [-0.2, 0) is 0 Å². The van der Waals surface area contributed by atoms with Crippen molar-refractivity contribution in [3.05, 3.63) is 87.2 Å². The molecule has 1 aromatic heterocycles. The Kier molecular flexibility index (Phi) is 3.98. The second-order valence-electron chi connectivity index (χ2n) is 6.09. The second kappa shape index (κ2) is 6.32. The number of anilines is 1. The van der Waals surface area contributed by atoms with E-state index in [1.165, 1.54) is 6.07 Å². The van der Waals surface area contributed by atoms with Gasteiger partial charge in [-0.1, -0.05) is 41.9 Å².